The van der Waals surface area contributed by atoms with Crippen molar-refractivity contribution in [2.24, 2.45) is 0 Å². The number of alkyl halides is 1. The molecule has 2 nitrogen and oxygen atoms in total. The van der Waals surface area contributed by atoms with Crippen molar-refractivity contribution in [1.29, 1.82) is 0 Å². The third-order valence-electron chi connectivity index (χ3n) is 3.15. The third-order valence-corrected chi connectivity index (χ3v) is 3.58. The van der Waals surface area contributed by atoms with Gasteiger partial charge in [0.05, 0.1) is 22.1 Å². The molecule has 1 aromatic heterocycles. The van der Waals surface area contributed by atoms with Crippen LogP contribution in [-0.2, 0) is 0 Å². The van der Waals surface area contributed by atoms with Crippen LogP contribution in [0.1, 0.15) is 18.1 Å². The first-order chi connectivity index (χ1) is 9.97. The molecule has 1 atom stereocenters. The van der Waals surface area contributed by atoms with Gasteiger partial charge in [0, 0.05) is 11.1 Å². The topological polar surface area (TPSA) is 17.8 Å². The average molecular weight is 327 g/mol. The number of hydrogen-bond acceptors (Lipinski definition) is 1. The van der Waals surface area contributed by atoms with Gasteiger partial charge in [-0.25, -0.2) is 13.8 Å². The molecule has 0 bridgehead atoms. The molecule has 1 heterocycles. The predicted molar refractivity (Wildman–Crippen MR) is 80.3 cm³/mol. The second-order valence-electron chi connectivity index (χ2n) is 4.65. The highest BCUT2D eigenvalue weighted by atomic mass is 35.5. The monoisotopic (exact) mass is 326 g/mol. The van der Waals surface area contributed by atoms with Crippen LogP contribution in [-0.4, -0.2) is 9.55 Å². The molecular formula is C15H10Cl2F2N2. The van der Waals surface area contributed by atoms with Crippen molar-refractivity contribution >= 4 is 34.2 Å². The Balaban J connectivity index is 2.36. The number of imidazole rings is 1. The Hall–Kier alpha value is -1.65. The lowest BCUT2D eigenvalue weighted by Gasteiger charge is -2.11. The fraction of sp³-hybridized carbons (Fsp3) is 0.133. The second kappa shape index (κ2) is 5.28. The lowest BCUT2D eigenvalue weighted by atomic mass is 10.2. The van der Waals surface area contributed by atoms with E-state index in [1.165, 1.54) is 12.1 Å². The standard InChI is InChI=1S/C15H10Cl2F2N2/c1-8(16)15-20-12-6-9(17)2-4-14(12)21(15)13-5-3-10(18)7-11(13)19/h2-8H,1H3. The lowest BCUT2D eigenvalue weighted by molar-refractivity contribution is 0.577. The van der Waals surface area contributed by atoms with Crippen LogP contribution in [0.25, 0.3) is 16.7 Å². The predicted octanol–water partition coefficient (Wildman–Crippen LogP) is 5.26. The van der Waals surface area contributed by atoms with Crippen molar-refractivity contribution < 1.29 is 8.78 Å². The molecule has 0 amide bonds. The maximum atomic E-state index is 14.1. The zero-order valence-corrected chi connectivity index (χ0v) is 12.5. The van der Waals surface area contributed by atoms with Gasteiger partial charge in [0.15, 0.2) is 0 Å². The van der Waals surface area contributed by atoms with Crippen molar-refractivity contribution in [3.05, 3.63) is 58.9 Å². The minimum absolute atomic E-state index is 0.198. The van der Waals surface area contributed by atoms with Crippen LogP contribution in [0, 0.1) is 11.6 Å². The van der Waals surface area contributed by atoms with Crippen LogP contribution in [0.4, 0.5) is 8.78 Å². The van der Waals surface area contributed by atoms with Gasteiger partial charge in [0.2, 0.25) is 0 Å². The molecule has 0 fully saturated rings. The molecule has 0 radical (unpaired) electrons. The van der Waals surface area contributed by atoms with Gasteiger partial charge < -0.3 is 0 Å². The van der Waals surface area contributed by atoms with E-state index >= 15 is 0 Å². The molecule has 0 aliphatic rings. The first-order valence-electron chi connectivity index (χ1n) is 6.25. The Morgan fingerprint density at radius 1 is 1.14 bits per heavy atom. The maximum absolute atomic E-state index is 14.1. The van der Waals surface area contributed by atoms with Crippen molar-refractivity contribution in [3.63, 3.8) is 0 Å². The molecule has 21 heavy (non-hydrogen) atoms. The van der Waals surface area contributed by atoms with E-state index in [-0.39, 0.29) is 5.69 Å². The Bertz CT molecular complexity index is 828. The van der Waals surface area contributed by atoms with Crippen LogP contribution in [0.15, 0.2) is 36.4 Å². The zero-order chi connectivity index (χ0) is 15.1. The Morgan fingerprint density at radius 2 is 1.90 bits per heavy atom. The number of nitrogens with zero attached hydrogens (tertiary/aromatic N) is 2. The van der Waals surface area contributed by atoms with Crippen LogP contribution in [0.2, 0.25) is 5.02 Å². The highest BCUT2D eigenvalue weighted by molar-refractivity contribution is 6.31. The Labute approximate surface area is 129 Å². The molecule has 108 valence electrons. The summed E-state index contributed by atoms with van der Waals surface area (Å²) >= 11 is 12.1. The fourth-order valence-electron chi connectivity index (χ4n) is 2.25. The summed E-state index contributed by atoms with van der Waals surface area (Å²) in [5.41, 5.74) is 1.46. The minimum Gasteiger partial charge on any atom is -0.292 e. The first kappa shape index (κ1) is 14.3. The van der Waals surface area contributed by atoms with E-state index in [1.54, 1.807) is 29.7 Å². The quantitative estimate of drug-likeness (QED) is 0.587. The fourth-order valence-corrected chi connectivity index (χ4v) is 2.57. The molecule has 1 unspecified atom stereocenters. The van der Waals surface area contributed by atoms with E-state index in [2.05, 4.69) is 4.98 Å². The summed E-state index contributed by atoms with van der Waals surface area (Å²) < 4.78 is 28.8. The SMILES string of the molecule is CC(Cl)c1nc2cc(Cl)ccc2n1-c1ccc(F)cc1F. The van der Waals surface area contributed by atoms with Gasteiger partial charge in [0.25, 0.3) is 0 Å². The number of halogens is 4. The third kappa shape index (κ3) is 2.49. The molecular weight excluding hydrogens is 317 g/mol. The molecule has 0 N–H and O–H groups in total. The van der Waals surface area contributed by atoms with Gasteiger partial charge in [-0.2, -0.15) is 0 Å². The van der Waals surface area contributed by atoms with E-state index in [4.69, 9.17) is 23.2 Å². The second-order valence-corrected chi connectivity index (χ2v) is 5.74. The van der Waals surface area contributed by atoms with Crippen LogP contribution >= 0.6 is 23.2 Å². The number of hydrogen-bond donors (Lipinski definition) is 0. The molecule has 0 aliphatic heterocycles. The van der Waals surface area contributed by atoms with E-state index in [1.807, 2.05) is 0 Å². The van der Waals surface area contributed by atoms with Gasteiger partial charge in [0.1, 0.15) is 17.5 Å². The molecule has 0 spiro atoms. The summed E-state index contributed by atoms with van der Waals surface area (Å²) in [6, 6.07) is 8.49. The summed E-state index contributed by atoms with van der Waals surface area (Å²) in [6.45, 7) is 1.74. The maximum Gasteiger partial charge on any atom is 0.150 e. The van der Waals surface area contributed by atoms with E-state index < -0.39 is 17.0 Å². The first-order valence-corrected chi connectivity index (χ1v) is 7.06. The van der Waals surface area contributed by atoms with Gasteiger partial charge in [-0.05, 0) is 37.3 Å². The van der Waals surface area contributed by atoms with Crippen molar-refractivity contribution in [2.75, 3.05) is 0 Å². The molecule has 3 rings (SSSR count). The molecule has 2 aromatic carbocycles. The summed E-state index contributed by atoms with van der Waals surface area (Å²) in [5.74, 6) is -0.841. The molecule has 6 heteroatoms. The number of fused-ring (bicyclic) bond motifs is 1. The van der Waals surface area contributed by atoms with Gasteiger partial charge >= 0.3 is 0 Å². The number of aromatic nitrogens is 2. The smallest absolute Gasteiger partial charge is 0.150 e. The highest BCUT2D eigenvalue weighted by Gasteiger charge is 2.19. The molecule has 3 aromatic rings. The molecule has 0 saturated heterocycles. The van der Waals surface area contributed by atoms with E-state index in [9.17, 15) is 8.78 Å². The van der Waals surface area contributed by atoms with Crippen molar-refractivity contribution in [3.8, 4) is 5.69 Å². The van der Waals surface area contributed by atoms with Gasteiger partial charge in [-0.1, -0.05) is 11.6 Å². The Kier molecular flexibility index (Phi) is 3.59. The Morgan fingerprint density at radius 3 is 2.57 bits per heavy atom. The van der Waals surface area contributed by atoms with Crippen molar-refractivity contribution in [2.45, 2.75) is 12.3 Å². The summed E-state index contributed by atoms with van der Waals surface area (Å²) in [5, 5.41) is 0.0844. The average Bonchev–Trinajstić information content (AvgIpc) is 2.77. The largest absolute Gasteiger partial charge is 0.292 e. The van der Waals surface area contributed by atoms with E-state index in [0.29, 0.717) is 21.9 Å². The van der Waals surface area contributed by atoms with Crippen LogP contribution in [0.3, 0.4) is 0 Å². The number of rotatable bonds is 2. The molecule has 0 aliphatic carbocycles. The van der Waals surface area contributed by atoms with Gasteiger partial charge in [-0.15, -0.1) is 11.6 Å². The highest BCUT2D eigenvalue weighted by Crippen LogP contribution is 2.30. The summed E-state index contributed by atoms with van der Waals surface area (Å²) in [6.07, 6.45) is 0. The van der Waals surface area contributed by atoms with Gasteiger partial charge in [-0.3, -0.25) is 4.57 Å². The summed E-state index contributed by atoms with van der Waals surface area (Å²) in [4.78, 5) is 4.40. The molecule has 0 saturated carbocycles. The van der Waals surface area contributed by atoms with Crippen LogP contribution in [0.5, 0.6) is 0 Å². The summed E-state index contributed by atoms with van der Waals surface area (Å²) in [7, 11) is 0. The minimum atomic E-state index is -0.678. The van der Waals surface area contributed by atoms with Crippen molar-refractivity contribution in [1.82, 2.24) is 9.55 Å². The number of benzene rings is 2. The normalized spacial score (nSPS) is 12.8. The van der Waals surface area contributed by atoms with E-state index in [0.717, 1.165) is 6.07 Å². The van der Waals surface area contributed by atoms with Crippen LogP contribution < -0.4 is 0 Å². The zero-order valence-electron chi connectivity index (χ0n) is 10.9. The lowest BCUT2D eigenvalue weighted by Crippen LogP contribution is -2.04.